The van der Waals surface area contributed by atoms with Crippen LogP contribution in [0.5, 0.6) is 5.75 Å². The minimum absolute atomic E-state index is 0.114. The third-order valence-corrected chi connectivity index (χ3v) is 6.85. The first-order valence-corrected chi connectivity index (χ1v) is 11.0. The Kier molecular flexibility index (Phi) is 5.84. The van der Waals surface area contributed by atoms with Crippen LogP contribution in [-0.2, 0) is 11.2 Å². The van der Waals surface area contributed by atoms with Crippen molar-refractivity contribution in [1.29, 1.82) is 0 Å². The quantitative estimate of drug-likeness (QED) is 0.438. The zero-order valence-corrected chi connectivity index (χ0v) is 17.4. The number of anilines is 1. The summed E-state index contributed by atoms with van der Waals surface area (Å²) in [6.45, 7) is 0. The Balaban J connectivity index is 1.30. The number of carbonyl (C=O) groups is 1. The molecule has 0 fully saturated rings. The van der Waals surface area contributed by atoms with E-state index in [0.29, 0.717) is 11.6 Å². The molecular weight excluding hydrogens is 412 g/mol. The Hall–Kier alpha value is -2.49. The van der Waals surface area contributed by atoms with Crippen molar-refractivity contribution in [3.63, 3.8) is 0 Å². The maximum Gasteiger partial charge on any atom is 0.236 e. The molecule has 4 rings (SSSR count). The fraction of sp³-hybridized carbons (Fsp3) is 0.158. The van der Waals surface area contributed by atoms with Crippen LogP contribution in [-0.4, -0.2) is 34.0 Å². The second kappa shape index (κ2) is 8.68. The largest absolute Gasteiger partial charge is 0.497 e. The van der Waals surface area contributed by atoms with Gasteiger partial charge < -0.3 is 4.74 Å². The summed E-state index contributed by atoms with van der Waals surface area (Å²) in [5.74, 6) is 0.990. The molecule has 9 heteroatoms. The third-order valence-electron chi connectivity index (χ3n) is 3.83. The molecule has 0 aliphatic carbocycles. The molecule has 1 amide bonds. The molecule has 0 saturated carbocycles. The van der Waals surface area contributed by atoms with Gasteiger partial charge in [-0.3, -0.25) is 10.1 Å². The summed E-state index contributed by atoms with van der Waals surface area (Å²) < 4.78 is 7.17. The van der Waals surface area contributed by atoms with Gasteiger partial charge in [0.2, 0.25) is 11.0 Å². The van der Waals surface area contributed by atoms with Crippen molar-refractivity contribution in [2.45, 2.75) is 10.8 Å². The Morgan fingerprint density at radius 2 is 1.93 bits per heavy atom. The number of rotatable bonds is 7. The summed E-state index contributed by atoms with van der Waals surface area (Å²) in [6, 6.07) is 15.8. The van der Waals surface area contributed by atoms with Crippen LogP contribution >= 0.6 is 34.4 Å². The van der Waals surface area contributed by atoms with Crippen LogP contribution < -0.4 is 10.1 Å². The zero-order chi connectivity index (χ0) is 19.3. The summed E-state index contributed by atoms with van der Waals surface area (Å²) in [6.07, 6.45) is 0.665. The number of benzene rings is 2. The molecule has 1 N–H and O–H groups in total. The second-order valence-electron chi connectivity index (χ2n) is 5.81. The van der Waals surface area contributed by atoms with E-state index in [4.69, 9.17) is 4.74 Å². The van der Waals surface area contributed by atoms with E-state index in [0.717, 1.165) is 30.9 Å². The maximum absolute atomic E-state index is 12.2. The average Bonchev–Trinajstić information content (AvgIpc) is 3.33. The number of methoxy groups -OCH3 is 1. The molecule has 0 unspecified atom stereocenters. The topological polar surface area (TPSA) is 77.0 Å². The molecule has 2 aromatic carbocycles. The number of para-hydroxylation sites is 1. The molecule has 6 nitrogen and oxygen atoms in total. The van der Waals surface area contributed by atoms with E-state index in [-0.39, 0.29) is 11.7 Å². The number of thiazole rings is 1. The minimum atomic E-state index is -0.114. The number of fused-ring (bicyclic) bond motifs is 1. The Labute approximate surface area is 174 Å². The Morgan fingerprint density at radius 1 is 1.11 bits per heavy atom. The highest BCUT2D eigenvalue weighted by molar-refractivity contribution is 8.01. The lowest BCUT2D eigenvalue weighted by Crippen LogP contribution is -2.13. The molecule has 2 heterocycles. The van der Waals surface area contributed by atoms with E-state index in [1.165, 1.54) is 23.1 Å². The summed E-state index contributed by atoms with van der Waals surface area (Å²) in [5, 5.41) is 12.4. The molecule has 0 atom stereocenters. The summed E-state index contributed by atoms with van der Waals surface area (Å²) in [7, 11) is 1.64. The van der Waals surface area contributed by atoms with Gasteiger partial charge in [0.15, 0.2) is 4.34 Å². The van der Waals surface area contributed by atoms with Crippen molar-refractivity contribution in [3.8, 4) is 5.75 Å². The van der Waals surface area contributed by atoms with Gasteiger partial charge in [-0.2, -0.15) is 0 Å². The lowest BCUT2D eigenvalue weighted by atomic mass is 10.1. The number of nitrogens with one attached hydrogen (secondary N) is 1. The zero-order valence-electron chi connectivity index (χ0n) is 14.9. The van der Waals surface area contributed by atoms with Crippen LogP contribution in [0.1, 0.15) is 10.6 Å². The van der Waals surface area contributed by atoms with E-state index in [9.17, 15) is 4.79 Å². The summed E-state index contributed by atoms with van der Waals surface area (Å²) in [4.78, 5) is 16.7. The van der Waals surface area contributed by atoms with Gasteiger partial charge in [0.05, 0.1) is 23.1 Å². The van der Waals surface area contributed by atoms with Gasteiger partial charge in [-0.05, 0) is 29.8 Å². The van der Waals surface area contributed by atoms with E-state index in [1.807, 2.05) is 48.5 Å². The number of hydrogen-bond acceptors (Lipinski definition) is 8. The van der Waals surface area contributed by atoms with Crippen molar-refractivity contribution >= 4 is 55.7 Å². The number of hydrogen-bond donors (Lipinski definition) is 1. The standard InChI is InChI=1S/C19H16N4O2S3/c1-25-13-8-6-12(7-9-13)10-17-22-23-18(28-17)21-16(24)11-26-19-20-14-4-2-3-5-15(14)27-19/h2-9H,10-11H2,1H3,(H,21,23,24). The first-order valence-electron chi connectivity index (χ1n) is 8.43. The predicted octanol–water partition coefficient (Wildman–Crippen LogP) is 4.48. The smallest absolute Gasteiger partial charge is 0.236 e. The molecule has 0 aliphatic heterocycles. The molecule has 28 heavy (non-hydrogen) atoms. The highest BCUT2D eigenvalue weighted by Gasteiger charge is 2.11. The van der Waals surface area contributed by atoms with Crippen LogP contribution in [0, 0.1) is 0 Å². The van der Waals surface area contributed by atoms with Crippen molar-refractivity contribution in [1.82, 2.24) is 15.2 Å². The highest BCUT2D eigenvalue weighted by atomic mass is 32.2. The lowest BCUT2D eigenvalue weighted by Gasteiger charge is -2.01. The number of nitrogens with zero attached hydrogens (tertiary/aromatic N) is 3. The maximum atomic E-state index is 12.2. The Morgan fingerprint density at radius 3 is 2.71 bits per heavy atom. The number of thioether (sulfide) groups is 1. The molecule has 142 valence electrons. The van der Waals surface area contributed by atoms with Crippen LogP contribution in [0.2, 0.25) is 0 Å². The van der Waals surface area contributed by atoms with Crippen LogP contribution in [0.3, 0.4) is 0 Å². The van der Waals surface area contributed by atoms with Crippen LogP contribution in [0.25, 0.3) is 10.2 Å². The minimum Gasteiger partial charge on any atom is -0.497 e. The second-order valence-corrected chi connectivity index (χ2v) is 9.13. The number of aromatic nitrogens is 3. The average molecular weight is 429 g/mol. The summed E-state index contributed by atoms with van der Waals surface area (Å²) in [5.41, 5.74) is 2.07. The van der Waals surface area contributed by atoms with E-state index in [2.05, 4.69) is 20.5 Å². The number of amides is 1. The molecular formula is C19H16N4O2S3. The number of ether oxygens (including phenoxy) is 1. The molecule has 0 spiro atoms. The molecule has 2 aromatic heterocycles. The van der Waals surface area contributed by atoms with Gasteiger partial charge in [0.25, 0.3) is 0 Å². The molecule has 0 saturated heterocycles. The highest BCUT2D eigenvalue weighted by Crippen LogP contribution is 2.29. The van der Waals surface area contributed by atoms with Gasteiger partial charge in [0, 0.05) is 6.42 Å². The van der Waals surface area contributed by atoms with Gasteiger partial charge in [-0.25, -0.2) is 4.98 Å². The van der Waals surface area contributed by atoms with Crippen molar-refractivity contribution in [2.24, 2.45) is 0 Å². The van der Waals surface area contributed by atoms with Gasteiger partial charge in [-0.1, -0.05) is 47.4 Å². The fourth-order valence-corrected chi connectivity index (χ4v) is 5.15. The van der Waals surface area contributed by atoms with Gasteiger partial charge >= 0.3 is 0 Å². The van der Waals surface area contributed by atoms with Crippen molar-refractivity contribution in [2.75, 3.05) is 18.2 Å². The third kappa shape index (κ3) is 4.67. The molecule has 0 bridgehead atoms. The van der Waals surface area contributed by atoms with E-state index >= 15 is 0 Å². The van der Waals surface area contributed by atoms with Gasteiger partial charge in [0.1, 0.15) is 10.8 Å². The van der Waals surface area contributed by atoms with Crippen LogP contribution in [0.4, 0.5) is 5.13 Å². The fourth-order valence-electron chi connectivity index (χ4n) is 2.49. The van der Waals surface area contributed by atoms with E-state index in [1.54, 1.807) is 18.4 Å². The van der Waals surface area contributed by atoms with Crippen LogP contribution in [0.15, 0.2) is 52.9 Å². The monoisotopic (exact) mass is 428 g/mol. The lowest BCUT2D eigenvalue weighted by molar-refractivity contribution is -0.113. The number of carbonyl (C=O) groups excluding carboxylic acids is 1. The van der Waals surface area contributed by atoms with Gasteiger partial charge in [-0.15, -0.1) is 21.5 Å². The van der Waals surface area contributed by atoms with E-state index < -0.39 is 0 Å². The molecule has 0 radical (unpaired) electrons. The predicted molar refractivity (Wildman–Crippen MR) is 115 cm³/mol. The first kappa shape index (κ1) is 18.9. The summed E-state index contributed by atoms with van der Waals surface area (Å²) >= 11 is 4.40. The van der Waals surface area contributed by atoms with Crippen molar-refractivity contribution in [3.05, 3.63) is 59.1 Å². The van der Waals surface area contributed by atoms with Crippen molar-refractivity contribution < 1.29 is 9.53 Å². The first-order chi connectivity index (χ1) is 13.7. The normalized spacial score (nSPS) is 10.9. The Bertz CT molecular complexity index is 1060. The molecule has 0 aliphatic rings. The molecule has 4 aromatic rings. The SMILES string of the molecule is COc1ccc(Cc2nnc(NC(=O)CSc3nc4ccccc4s3)s2)cc1.